The molecule has 2 rings (SSSR count). The first kappa shape index (κ1) is 14.2. The lowest BCUT2D eigenvalue weighted by atomic mass is 10.3. The topological polar surface area (TPSA) is 119 Å². The van der Waals surface area contributed by atoms with Crippen molar-refractivity contribution in [2.45, 2.75) is 19.9 Å². The van der Waals surface area contributed by atoms with E-state index in [4.69, 9.17) is 5.84 Å². The van der Waals surface area contributed by atoms with Gasteiger partial charge in [0.25, 0.3) is 5.69 Å². The lowest BCUT2D eigenvalue weighted by Gasteiger charge is -2.06. The van der Waals surface area contributed by atoms with Crippen molar-refractivity contribution in [2.75, 3.05) is 10.7 Å². The molecule has 2 aromatic heterocycles. The monoisotopic (exact) mass is 294 g/mol. The summed E-state index contributed by atoms with van der Waals surface area (Å²) in [5.41, 5.74) is 2.23. The van der Waals surface area contributed by atoms with Crippen LogP contribution in [0.1, 0.15) is 16.8 Å². The number of aryl methyl sites for hydroxylation is 1. The largest absolute Gasteiger partial charge is 0.363 e. The summed E-state index contributed by atoms with van der Waals surface area (Å²) in [4.78, 5) is 19.9. The molecule has 0 bridgehead atoms. The van der Waals surface area contributed by atoms with E-state index in [2.05, 4.69) is 27.6 Å². The van der Waals surface area contributed by atoms with Crippen LogP contribution in [0.25, 0.3) is 0 Å². The molecule has 0 saturated heterocycles. The summed E-state index contributed by atoms with van der Waals surface area (Å²) < 4.78 is 0. The number of nitrogens with zero attached hydrogens (tertiary/aromatic N) is 3. The third kappa shape index (κ3) is 3.39. The van der Waals surface area contributed by atoms with Crippen LogP contribution >= 0.6 is 11.3 Å². The predicted octanol–water partition coefficient (Wildman–Crippen LogP) is 1.91. The summed E-state index contributed by atoms with van der Waals surface area (Å²) in [6.07, 6.45) is 2.77. The summed E-state index contributed by atoms with van der Waals surface area (Å²) in [7, 11) is 0. The zero-order valence-electron chi connectivity index (χ0n) is 10.8. The van der Waals surface area contributed by atoms with Gasteiger partial charge < -0.3 is 10.7 Å². The van der Waals surface area contributed by atoms with Crippen molar-refractivity contribution in [3.05, 3.63) is 38.3 Å². The van der Waals surface area contributed by atoms with Gasteiger partial charge in [0.05, 0.1) is 23.6 Å². The highest BCUT2D eigenvalue weighted by Gasteiger charge is 2.11. The van der Waals surface area contributed by atoms with Gasteiger partial charge in [-0.2, -0.15) is 0 Å². The number of hydrazine groups is 1. The van der Waals surface area contributed by atoms with Crippen molar-refractivity contribution < 1.29 is 4.92 Å². The predicted molar refractivity (Wildman–Crippen MR) is 77.5 cm³/mol. The number of nitrogens with two attached hydrogens (primary N) is 1. The van der Waals surface area contributed by atoms with Crippen molar-refractivity contribution >= 4 is 28.7 Å². The van der Waals surface area contributed by atoms with E-state index in [-0.39, 0.29) is 11.5 Å². The Bertz CT molecular complexity index is 615. The van der Waals surface area contributed by atoms with Crippen molar-refractivity contribution in [3.63, 3.8) is 0 Å². The molecule has 0 aliphatic carbocycles. The van der Waals surface area contributed by atoms with E-state index < -0.39 is 4.92 Å². The molecule has 9 heteroatoms. The van der Waals surface area contributed by atoms with E-state index in [0.717, 1.165) is 11.4 Å². The maximum absolute atomic E-state index is 10.8. The number of pyridine rings is 1. The van der Waals surface area contributed by atoms with Gasteiger partial charge in [0.15, 0.2) is 0 Å². The highest BCUT2D eigenvalue weighted by Crippen LogP contribution is 2.21. The van der Waals surface area contributed by atoms with Gasteiger partial charge >= 0.3 is 0 Å². The molecule has 2 heterocycles. The van der Waals surface area contributed by atoms with Gasteiger partial charge in [-0.15, -0.1) is 11.3 Å². The van der Waals surface area contributed by atoms with Crippen molar-refractivity contribution in [2.24, 2.45) is 5.84 Å². The van der Waals surface area contributed by atoms with Crippen LogP contribution in [0.5, 0.6) is 0 Å². The highest BCUT2D eigenvalue weighted by molar-refractivity contribution is 7.11. The first-order valence-electron chi connectivity index (χ1n) is 5.93. The molecule has 0 unspecified atom stereocenters. The van der Waals surface area contributed by atoms with Gasteiger partial charge in [-0.05, 0) is 6.42 Å². The molecule has 0 aliphatic rings. The van der Waals surface area contributed by atoms with E-state index >= 15 is 0 Å². The molecule has 2 aromatic rings. The summed E-state index contributed by atoms with van der Waals surface area (Å²) >= 11 is 1.60. The van der Waals surface area contributed by atoms with Crippen LogP contribution in [-0.2, 0) is 13.0 Å². The van der Waals surface area contributed by atoms with Crippen LogP contribution in [0.4, 0.5) is 17.3 Å². The van der Waals surface area contributed by atoms with Crippen LogP contribution in [-0.4, -0.2) is 14.9 Å². The minimum Gasteiger partial charge on any atom is -0.363 e. The number of rotatable bonds is 6. The molecule has 8 nitrogen and oxygen atoms in total. The second-order valence-electron chi connectivity index (χ2n) is 3.92. The van der Waals surface area contributed by atoms with Gasteiger partial charge in [0.2, 0.25) is 0 Å². The smallest absolute Gasteiger partial charge is 0.276 e. The summed E-state index contributed by atoms with van der Waals surface area (Å²) in [6, 6.07) is 2.62. The Morgan fingerprint density at radius 2 is 2.20 bits per heavy atom. The maximum Gasteiger partial charge on any atom is 0.276 e. The third-order valence-corrected chi connectivity index (χ3v) is 3.68. The van der Waals surface area contributed by atoms with E-state index in [1.54, 1.807) is 11.3 Å². The van der Waals surface area contributed by atoms with Crippen molar-refractivity contribution in [1.82, 2.24) is 9.97 Å². The Balaban J connectivity index is 2.12. The Hall–Kier alpha value is -2.26. The molecule has 0 atom stereocenters. The highest BCUT2D eigenvalue weighted by atomic mass is 32.1. The van der Waals surface area contributed by atoms with E-state index in [1.807, 2.05) is 6.20 Å². The molecule has 0 radical (unpaired) electrons. The summed E-state index contributed by atoms with van der Waals surface area (Å²) in [6.45, 7) is 2.52. The standard InChI is InChI=1S/C11H14N6O2S/c1-2-8-5-14-11(20-8)6-13-9-3-7(17(18)19)4-10(15-9)16-12/h3-5H,2,6,12H2,1H3,(H2,13,15,16). The molecular weight excluding hydrogens is 280 g/mol. The number of thiazole rings is 1. The molecule has 0 aromatic carbocycles. The molecule has 0 spiro atoms. The van der Waals surface area contributed by atoms with Gasteiger partial charge in [0, 0.05) is 11.1 Å². The van der Waals surface area contributed by atoms with Crippen LogP contribution in [0.15, 0.2) is 18.3 Å². The zero-order valence-corrected chi connectivity index (χ0v) is 11.6. The second kappa shape index (κ2) is 6.26. The van der Waals surface area contributed by atoms with Crippen LogP contribution in [0.3, 0.4) is 0 Å². The van der Waals surface area contributed by atoms with Crippen LogP contribution in [0, 0.1) is 10.1 Å². The molecule has 0 fully saturated rings. The SMILES string of the molecule is CCc1cnc(CNc2cc([N+](=O)[O-])cc(NN)n2)s1. The van der Waals surface area contributed by atoms with Crippen LogP contribution < -0.4 is 16.6 Å². The normalized spacial score (nSPS) is 10.3. The number of nitrogens with one attached hydrogen (secondary N) is 2. The fourth-order valence-electron chi connectivity index (χ4n) is 1.55. The summed E-state index contributed by atoms with van der Waals surface area (Å²) in [5.74, 6) is 5.85. The number of anilines is 2. The first-order valence-corrected chi connectivity index (χ1v) is 6.74. The Morgan fingerprint density at radius 1 is 1.45 bits per heavy atom. The third-order valence-electron chi connectivity index (χ3n) is 2.54. The minimum atomic E-state index is -0.494. The van der Waals surface area contributed by atoms with E-state index in [9.17, 15) is 10.1 Å². The van der Waals surface area contributed by atoms with E-state index in [0.29, 0.717) is 12.4 Å². The minimum absolute atomic E-state index is 0.0798. The Morgan fingerprint density at radius 3 is 2.80 bits per heavy atom. The van der Waals surface area contributed by atoms with Gasteiger partial charge in [-0.25, -0.2) is 15.8 Å². The number of hydrogen-bond acceptors (Lipinski definition) is 8. The molecule has 106 valence electrons. The molecular formula is C11H14N6O2S. The molecule has 0 aliphatic heterocycles. The number of aromatic nitrogens is 2. The average Bonchev–Trinajstić information content (AvgIpc) is 2.92. The lowest BCUT2D eigenvalue weighted by molar-refractivity contribution is -0.384. The fourth-order valence-corrected chi connectivity index (χ4v) is 2.35. The van der Waals surface area contributed by atoms with Gasteiger partial charge in [-0.1, -0.05) is 6.92 Å². The Labute approximate surface area is 119 Å². The molecule has 0 amide bonds. The van der Waals surface area contributed by atoms with Crippen molar-refractivity contribution in [1.29, 1.82) is 0 Å². The zero-order chi connectivity index (χ0) is 14.5. The second-order valence-corrected chi connectivity index (χ2v) is 5.12. The molecule has 0 saturated carbocycles. The first-order chi connectivity index (χ1) is 9.62. The number of hydrogen-bond donors (Lipinski definition) is 3. The maximum atomic E-state index is 10.8. The lowest BCUT2D eigenvalue weighted by Crippen LogP contribution is -2.10. The average molecular weight is 294 g/mol. The Kier molecular flexibility index (Phi) is 4.43. The number of nitro groups is 1. The molecule has 4 N–H and O–H groups in total. The van der Waals surface area contributed by atoms with Gasteiger partial charge in [0.1, 0.15) is 16.6 Å². The van der Waals surface area contributed by atoms with Crippen LogP contribution in [0.2, 0.25) is 0 Å². The number of nitrogen functional groups attached to an aromatic ring is 1. The summed E-state index contributed by atoms with van der Waals surface area (Å²) in [5, 5.41) is 14.7. The van der Waals surface area contributed by atoms with E-state index in [1.165, 1.54) is 17.0 Å². The van der Waals surface area contributed by atoms with Crippen molar-refractivity contribution in [3.8, 4) is 0 Å². The molecule has 20 heavy (non-hydrogen) atoms. The quantitative estimate of drug-likeness (QED) is 0.423. The fraction of sp³-hybridized carbons (Fsp3) is 0.273. The van der Waals surface area contributed by atoms with Gasteiger partial charge in [-0.3, -0.25) is 10.1 Å².